The minimum Gasteiger partial charge on any atom is -0.358 e. The summed E-state index contributed by atoms with van der Waals surface area (Å²) < 4.78 is 0. The largest absolute Gasteiger partial charge is 0.358 e. The summed E-state index contributed by atoms with van der Waals surface area (Å²) in [6.45, 7) is 8.30. The van der Waals surface area contributed by atoms with E-state index in [2.05, 4.69) is 35.7 Å². The van der Waals surface area contributed by atoms with Crippen LogP contribution >= 0.6 is 0 Å². The molecule has 0 radical (unpaired) electrons. The van der Waals surface area contributed by atoms with Gasteiger partial charge in [0.2, 0.25) is 0 Å². The zero-order chi connectivity index (χ0) is 22.2. The number of rotatable bonds is 24. The fourth-order valence-corrected chi connectivity index (χ4v) is 4.67. The van der Waals surface area contributed by atoms with Gasteiger partial charge in [0.15, 0.2) is 0 Å². The Labute approximate surface area is 196 Å². The van der Waals surface area contributed by atoms with Gasteiger partial charge in [-0.05, 0) is 12.6 Å². The molecule has 1 heterocycles. The third-order valence-corrected chi connectivity index (χ3v) is 6.85. The third kappa shape index (κ3) is 18.4. The molecule has 0 N–H and O–H groups in total. The summed E-state index contributed by atoms with van der Waals surface area (Å²) in [5, 5.41) is 0. The number of nitrogens with zero attached hydrogens (tertiary/aromatic N) is 2. The average Bonchev–Trinajstić information content (AvgIpc) is 3.25. The minimum atomic E-state index is 0.989. The van der Waals surface area contributed by atoms with Crippen LogP contribution in [0.15, 0.2) is 25.2 Å². The van der Waals surface area contributed by atoms with Gasteiger partial charge >= 0.3 is 0 Å². The zero-order valence-corrected chi connectivity index (χ0v) is 21.3. The molecule has 31 heavy (non-hydrogen) atoms. The van der Waals surface area contributed by atoms with E-state index in [1.807, 2.05) is 6.20 Å². The Morgan fingerprint density at radius 3 is 1.23 bits per heavy atom. The molecule has 0 fully saturated rings. The van der Waals surface area contributed by atoms with Gasteiger partial charge in [-0.15, -0.1) is 0 Å². The van der Waals surface area contributed by atoms with Crippen LogP contribution in [0.4, 0.5) is 0 Å². The van der Waals surface area contributed by atoms with Crippen LogP contribution in [-0.2, 0) is 0 Å². The van der Waals surface area contributed by atoms with Crippen LogP contribution < -0.4 is 0 Å². The van der Waals surface area contributed by atoms with E-state index in [1.54, 1.807) is 0 Å². The van der Waals surface area contributed by atoms with E-state index >= 15 is 0 Å². The first kappa shape index (κ1) is 28.1. The van der Waals surface area contributed by atoms with E-state index in [9.17, 15) is 0 Å². The quantitative estimate of drug-likeness (QED) is 0.140. The van der Waals surface area contributed by atoms with Crippen LogP contribution in [0.3, 0.4) is 0 Å². The highest BCUT2D eigenvalue weighted by atomic mass is 15.3. The van der Waals surface area contributed by atoms with Crippen molar-refractivity contribution in [3.05, 3.63) is 25.2 Å². The van der Waals surface area contributed by atoms with Crippen LogP contribution in [0.1, 0.15) is 148 Å². The second-order valence-electron chi connectivity index (χ2n) is 9.87. The summed E-state index contributed by atoms with van der Waals surface area (Å²) >= 11 is 0. The maximum atomic E-state index is 3.82. The smallest absolute Gasteiger partial charge is 0.0935 e. The molecule has 182 valence electrons. The Kier molecular flexibility index (Phi) is 20.2. The van der Waals surface area contributed by atoms with E-state index in [1.165, 1.54) is 148 Å². The van der Waals surface area contributed by atoms with E-state index in [-0.39, 0.29) is 0 Å². The van der Waals surface area contributed by atoms with Crippen molar-refractivity contribution < 1.29 is 0 Å². The molecule has 0 aliphatic carbocycles. The zero-order valence-electron chi connectivity index (χ0n) is 21.3. The molecule has 2 heteroatoms. The molecule has 0 saturated heterocycles. The summed E-state index contributed by atoms with van der Waals surface area (Å²) in [7, 11) is 0. The fraction of sp³-hybridized carbons (Fsp3) is 0.862. The molecule has 0 aromatic rings. The van der Waals surface area contributed by atoms with Crippen molar-refractivity contribution in [2.75, 3.05) is 13.2 Å². The standard InChI is InChI=1S/C29H56N2/c1-3-5-6-7-8-9-10-11-12-13-14-15-16-17-18-19-20-21-22-23-24-25-26-31-28-27-30(4-2)29-31/h4,27-28H,2-3,5-26,29H2,1H3. The second-order valence-corrected chi connectivity index (χ2v) is 9.87. The maximum Gasteiger partial charge on any atom is 0.0935 e. The van der Waals surface area contributed by atoms with Crippen LogP contribution in [0.2, 0.25) is 0 Å². The van der Waals surface area contributed by atoms with Crippen molar-refractivity contribution in [2.45, 2.75) is 148 Å². The number of unbranched alkanes of at least 4 members (excludes halogenated alkanes) is 21. The Morgan fingerprint density at radius 2 is 0.903 bits per heavy atom. The molecule has 0 unspecified atom stereocenters. The first-order valence-corrected chi connectivity index (χ1v) is 14.2. The van der Waals surface area contributed by atoms with Gasteiger partial charge in [-0.1, -0.05) is 148 Å². The van der Waals surface area contributed by atoms with Crippen LogP contribution in [-0.4, -0.2) is 23.0 Å². The Hall–Kier alpha value is -0.920. The topological polar surface area (TPSA) is 6.48 Å². The lowest BCUT2D eigenvalue weighted by molar-refractivity contribution is 0.307. The average molecular weight is 433 g/mol. The first-order chi connectivity index (χ1) is 15.4. The molecule has 0 saturated carbocycles. The van der Waals surface area contributed by atoms with Gasteiger partial charge in [0.05, 0.1) is 6.67 Å². The number of hydrogen-bond acceptors (Lipinski definition) is 2. The van der Waals surface area contributed by atoms with Crippen molar-refractivity contribution in [1.29, 1.82) is 0 Å². The molecule has 0 spiro atoms. The molecule has 0 aromatic heterocycles. The van der Waals surface area contributed by atoms with Crippen molar-refractivity contribution in [3.63, 3.8) is 0 Å². The van der Waals surface area contributed by atoms with Gasteiger partial charge in [-0.2, -0.15) is 0 Å². The lowest BCUT2D eigenvalue weighted by atomic mass is 10.0. The summed E-state index contributed by atoms with van der Waals surface area (Å²) in [6.07, 6.45) is 38.2. The monoisotopic (exact) mass is 432 g/mol. The molecule has 2 nitrogen and oxygen atoms in total. The van der Waals surface area contributed by atoms with Crippen LogP contribution in [0, 0.1) is 0 Å². The molecular weight excluding hydrogens is 376 g/mol. The molecule has 0 bridgehead atoms. The highest BCUT2D eigenvalue weighted by Crippen LogP contribution is 2.15. The van der Waals surface area contributed by atoms with Gasteiger partial charge in [0, 0.05) is 18.9 Å². The Bertz CT molecular complexity index is 404. The van der Waals surface area contributed by atoms with Crippen molar-refractivity contribution in [1.82, 2.24) is 9.80 Å². The van der Waals surface area contributed by atoms with E-state index in [0.717, 1.165) is 6.67 Å². The maximum absolute atomic E-state index is 3.82. The van der Waals surface area contributed by atoms with Gasteiger partial charge in [0.1, 0.15) is 0 Å². The van der Waals surface area contributed by atoms with Crippen molar-refractivity contribution >= 4 is 0 Å². The van der Waals surface area contributed by atoms with Crippen LogP contribution in [0.25, 0.3) is 0 Å². The lowest BCUT2D eigenvalue weighted by Crippen LogP contribution is -2.22. The molecular formula is C29H56N2. The molecule has 1 aliphatic heterocycles. The molecule has 1 aliphatic rings. The van der Waals surface area contributed by atoms with Gasteiger partial charge in [0.25, 0.3) is 0 Å². The number of hydrogen-bond donors (Lipinski definition) is 0. The summed E-state index contributed by atoms with van der Waals surface area (Å²) in [6, 6.07) is 0. The fourth-order valence-electron chi connectivity index (χ4n) is 4.67. The molecule has 1 rings (SSSR count). The highest BCUT2D eigenvalue weighted by Gasteiger charge is 2.08. The Morgan fingerprint density at radius 1 is 0.548 bits per heavy atom. The lowest BCUT2D eigenvalue weighted by Gasteiger charge is -2.18. The van der Waals surface area contributed by atoms with E-state index in [0.29, 0.717) is 0 Å². The van der Waals surface area contributed by atoms with E-state index < -0.39 is 0 Å². The minimum absolute atomic E-state index is 0.989. The summed E-state index contributed by atoms with van der Waals surface area (Å²) in [5.41, 5.74) is 0. The van der Waals surface area contributed by atoms with Crippen LogP contribution in [0.5, 0.6) is 0 Å². The van der Waals surface area contributed by atoms with Crippen molar-refractivity contribution in [3.8, 4) is 0 Å². The third-order valence-electron chi connectivity index (χ3n) is 6.85. The van der Waals surface area contributed by atoms with E-state index in [4.69, 9.17) is 0 Å². The van der Waals surface area contributed by atoms with Gasteiger partial charge in [-0.3, -0.25) is 0 Å². The van der Waals surface area contributed by atoms with Crippen molar-refractivity contribution in [2.24, 2.45) is 0 Å². The SMILES string of the molecule is C=CN1C=CN(CCCCCCCCCCCCCCCCCCCCCCCC)C1. The normalized spacial score (nSPS) is 13.5. The second kappa shape index (κ2) is 22.3. The highest BCUT2D eigenvalue weighted by molar-refractivity contribution is 4.94. The Balaban J connectivity index is 1.65. The molecule has 0 atom stereocenters. The molecule has 0 amide bonds. The van der Waals surface area contributed by atoms with Gasteiger partial charge < -0.3 is 9.80 Å². The summed E-state index contributed by atoms with van der Waals surface area (Å²) in [5.74, 6) is 0. The van der Waals surface area contributed by atoms with Gasteiger partial charge in [-0.25, -0.2) is 0 Å². The first-order valence-electron chi connectivity index (χ1n) is 14.2. The summed E-state index contributed by atoms with van der Waals surface area (Å²) in [4.78, 5) is 4.52. The predicted molar refractivity (Wildman–Crippen MR) is 140 cm³/mol. The molecule has 0 aromatic carbocycles. The predicted octanol–water partition coefficient (Wildman–Crippen LogP) is 9.78.